The fraction of sp³-hybridized carbons (Fsp3) is 0.550. The van der Waals surface area contributed by atoms with E-state index in [1.165, 1.54) is 0 Å². The average Bonchev–Trinajstić information content (AvgIpc) is 2.68. The van der Waals surface area contributed by atoms with Gasteiger partial charge in [0.15, 0.2) is 0 Å². The predicted octanol–water partition coefficient (Wildman–Crippen LogP) is 2.49. The number of hydrogen-bond donors (Lipinski definition) is 1. The SMILES string of the molecule is C=CC(=O)OCC(COC(=O)C=C)(COC(=O)C=C)CC(O)(CC)CCC. The van der Waals surface area contributed by atoms with Crippen molar-refractivity contribution in [2.24, 2.45) is 5.41 Å². The maximum absolute atomic E-state index is 11.6. The van der Waals surface area contributed by atoms with Crippen LogP contribution in [0.4, 0.5) is 0 Å². The average molecular weight is 382 g/mol. The minimum atomic E-state index is -1.14. The Morgan fingerprint density at radius 2 is 1.22 bits per heavy atom. The summed E-state index contributed by atoms with van der Waals surface area (Å²) < 4.78 is 15.5. The summed E-state index contributed by atoms with van der Waals surface area (Å²) in [6, 6.07) is 0. The van der Waals surface area contributed by atoms with Gasteiger partial charge in [-0.1, -0.05) is 40.0 Å². The van der Waals surface area contributed by atoms with Crippen molar-refractivity contribution in [1.29, 1.82) is 0 Å². The van der Waals surface area contributed by atoms with E-state index in [2.05, 4.69) is 19.7 Å². The molecule has 7 nitrogen and oxygen atoms in total. The van der Waals surface area contributed by atoms with Crippen LogP contribution in [0.5, 0.6) is 0 Å². The summed E-state index contributed by atoms with van der Waals surface area (Å²) >= 11 is 0. The molecule has 0 aromatic heterocycles. The summed E-state index contributed by atoms with van der Waals surface area (Å²) in [6.45, 7) is 13.0. The van der Waals surface area contributed by atoms with Crippen LogP contribution < -0.4 is 0 Å². The van der Waals surface area contributed by atoms with E-state index in [0.717, 1.165) is 18.2 Å². The van der Waals surface area contributed by atoms with E-state index in [1.54, 1.807) is 0 Å². The number of aliphatic hydroxyl groups is 1. The number of carbonyl (C=O) groups excluding carboxylic acids is 3. The van der Waals surface area contributed by atoms with Crippen molar-refractivity contribution >= 4 is 17.9 Å². The van der Waals surface area contributed by atoms with Gasteiger partial charge in [-0.25, -0.2) is 14.4 Å². The Morgan fingerprint density at radius 3 is 1.48 bits per heavy atom. The molecule has 152 valence electrons. The Bertz CT molecular complexity index is 493. The molecule has 1 N–H and O–H groups in total. The normalized spacial score (nSPS) is 13.0. The van der Waals surface area contributed by atoms with Crippen LogP contribution in [0.15, 0.2) is 38.0 Å². The molecule has 0 heterocycles. The summed E-state index contributed by atoms with van der Waals surface area (Å²) in [7, 11) is 0. The second kappa shape index (κ2) is 12.1. The molecule has 0 saturated carbocycles. The number of rotatable bonds is 14. The summed E-state index contributed by atoms with van der Waals surface area (Å²) in [6.07, 6.45) is 4.68. The Labute approximate surface area is 160 Å². The maximum Gasteiger partial charge on any atom is 0.330 e. The van der Waals surface area contributed by atoms with Crippen molar-refractivity contribution in [3.05, 3.63) is 38.0 Å². The molecular weight excluding hydrogens is 352 g/mol. The van der Waals surface area contributed by atoms with Crippen LogP contribution >= 0.6 is 0 Å². The van der Waals surface area contributed by atoms with Crippen LogP contribution in [0.2, 0.25) is 0 Å². The molecule has 0 aliphatic heterocycles. The molecular formula is C20H30O7. The highest BCUT2D eigenvalue weighted by molar-refractivity contribution is 5.82. The van der Waals surface area contributed by atoms with Gasteiger partial charge < -0.3 is 19.3 Å². The van der Waals surface area contributed by atoms with Gasteiger partial charge in [0.1, 0.15) is 19.8 Å². The number of carbonyl (C=O) groups is 3. The van der Waals surface area contributed by atoms with Crippen LogP contribution in [0.1, 0.15) is 39.5 Å². The molecule has 0 radical (unpaired) electrons. The first kappa shape index (κ1) is 24.6. The van der Waals surface area contributed by atoms with Crippen molar-refractivity contribution in [1.82, 2.24) is 0 Å². The van der Waals surface area contributed by atoms with E-state index < -0.39 is 28.9 Å². The molecule has 0 aromatic rings. The molecule has 0 aliphatic carbocycles. The lowest BCUT2D eigenvalue weighted by molar-refractivity contribution is -0.162. The summed E-state index contributed by atoms with van der Waals surface area (Å²) in [5, 5.41) is 10.9. The van der Waals surface area contributed by atoms with Crippen molar-refractivity contribution in [2.75, 3.05) is 19.8 Å². The summed E-state index contributed by atoms with van der Waals surface area (Å²) in [5.74, 6) is -2.04. The molecule has 27 heavy (non-hydrogen) atoms. The summed E-state index contributed by atoms with van der Waals surface area (Å²) in [4.78, 5) is 34.7. The fourth-order valence-corrected chi connectivity index (χ4v) is 2.68. The molecule has 0 spiro atoms. The zero-order chi connectivity index (χ0) is 20.9. The second-order valence-corrected chi connectivity index (χ2v) is 6.44. The largest absolute Gasteiger partial charge is 0.462 e. The van der Waals surface area contributed by atoms with Crippen molar-refractivity contribution in [3.8, 4) is 0 Å². The van der Waals surface area contributed by atoms with E-state index in [9.17, 15) is 19.5 Å². The van der Waals surface area contributed by atoms with E-state index >= 15 is 0 Å². The third kappa shape index (κ3) is 9.19. The van der Waals surface area contributed by atoms with Crippen LogP contribution in [0, 0.1) is 5.41 Å². The van der Waals surface area contributed by atoms with E-state index in [4.69, 9.17) is 14.2 Å². The van der Waals surface area contributed by atoms with Gasteiger partial charge in [-0.05, 0) is 19.3 Å². The molecule has 0 aliphatic rings. The molecule has 0 aromatic carbocycles. The van der Waals surface area contributed by atoms with Crippen LogP contribution in [-0.2, 0) is 28.6 Å². The van der Waals surface area contributed by atoms with Gasteiger partial charge in [0.2, 0.25) is 0 Å². The van der Waals surface area contributed by atoms with Gasteiger partial charge in [0.05, 0.1) is 11.0 Å². The minimum Gasteiger partial charge on any atom is -0.462 e. The minimum absolute atomic E-state index is 0.0869. The molecule has 0 bridgehead atoms. The second-order valence-electron chi connectivity index (χ2n) is 6.44. The van der Waals surface area contributed by atoms with E-state index in [1.807, 2.05) is 13.8 Å². The first-order valence-corrected chi connectivity index (χ1v) is 8.79. The molecule has 0 fully saturated rings. The molecule has 0 rings (SSSR count). The lowest BCUT2D eigenvalue weighted by Gasteiger charge is -2.39. The highest BCUT2D eigenvalue weighted by Crippen LogP contribution is 2.35. The van der Waals surface area contributed by atoms with E-state index in [0.29, 0.717) is 19.3 Å². The zero-order valence-electron chi connectivity index (χ0n) is 16.2. The Hall–Kier alpha value is -2.41. The third-order valence-corrected chi connectivity index (χ3v) is 4.14. The topological polar surface area (TPSA) is 99.1 Å². The Balaban J connectivity index is 5.74. The van der Waals surface area contributed by atoms with Crippen molar-refractivity contribution in [2.45, 2.75) is 45.1 Å². The van der Waals surface area contributed by atoms with Crippen LogP contribution in [0.25, 0.3) is 0 Å². The number of ether oxygens (including phenoxy) is 3. The molecule has 1 unspecified atom stereocenters. The highest BCUT2D eigenvalue weighted by atomic mass is 16.6. The smallest absolute Gasteiger partial charge is 0.330 e. The summed E-state index contributed by atoms with van der Waals surface area (Å²) in [5.41, 5.74) is -2.26. The number of hydrogen-bond acceptors (Lipinski definition) is 7. The third-order valence-electron chi connectivity index (χ3n) is 4.14. The van der Waals surface area contributed by atoms with Crippen LogP contribution in [-0.4, -0.2) is 48.4 Å². The monoisotopic (exact) mass is 382 g/mol. The van der Waals surface area contributed by atoms with Crippen molar-refractivity contribution < 1.29 is 33.7 Å². The highest BCUT2D eigenvalue weighted by Gasteiger charge is 2.42. The van der Waals surface area contributed by atoms with Gasteiger partial charge in [-0.2, -0.15) is 0 Å². The zero-order valence-corrected chi connectivity index (χ0v) is 16.2. The lowest BCUT2D eigenvalue weighted by Crippen LogP contribution is -2.46. The molecule has 0 amide bonds. The van der Waals surface area contributed by atoms with Gasteiger partial charge in [-0.3, -0.25) is 0 Å². The Kier molecular flexibility index (Phi) is 11.0. The maximum atomic E-state index is 11.6. The first-order chi connectivity index (χ1) is 12.7. The lowest BCUT2D eigenvalue weighted by atomic mass is 9.75. The Morgan fingerprint density at radius 1 is 0.852 bits per heavy atom. The fourth-order valence-electron chi connectivity index (χ4n) is 2.68. The van der Waals surface area contributed by atoms with Gasteiger partial charge in [-0.15, -0.1) is 0 Å². The van der Waals surface area contributed by atoms with Gasteiger partial charge in [0, 0.05) is 18.2 Å². The van der Waals surface area contributed by atoms with Crippen LogP contribution in [0.3, 0.4) is 0 Å². The van der Waals surface area contributed by atoms with Gasteiger partial charge in [0.25, 0.3) is 0 Å². The quantitative estimate of drug-likeness (QED) is 0.280. The first-order valence-electron chi connectivity index (χ1n) is 8.79. The molecule has 7 heteroatoms. The molecule has 1 atom stereocenters. The number of esters is 3. The van der Waals surface area contributed by atoms with E-state index in [-0.39, 0.29) is 26.2 Å². The predicted molar refractivity (Wildman–Crippen MR) is 101 cm³/mol. The molecule has 0 saturated heterocycles. The van der Waals surface area contributed by atoms with Crippen molar-refractivity contribution in [3.63, 3.8) is 0 Å². The van der Waals surface area contributed by atoms with Gasteiger partial charge >= 0.3 is 17.9 Å². The standard InChI is InChI=1S/C20H30O7/c1-6-11-20(24,10-5)12-19(13-25-16(21)7-2,14-26-17(22)8-3)15-27-18(23)9-4/h7-9,24H,2-4,6,10-15H2,1,5H3.